The largest absolute Gasteiger partial charge is 0.416 e. The molecule has 17 heteroatoms. The van der Waals surface area contributed by atoms with E-state index in [9.17, 15) is 39.6 Å². The van der Waals surface area contributed by atoms with Crippen molar-refractivity contribution in [1.82, 2.24) is 9.97 Å². The molecule has 4 aromatic rings. The molecule has 0 aliphatic rings. The summed E-state index contributed by atoms with van der Waals surface area (Å²) in [5.41, 5.74) is 1.30. The normalized spacial score (nSPS) is 13.2. The Hall–Kier alpha value is -3.67. The van der Waals surface area contributed by atoms with Crippen molar-refractivity contribution < 1.29 is 39.6 Å². The first kappa shape index (κ1) is 45.7. The van der Waals surface area contributed by atoms with Gasteiger partial charge in [0.2, 0.25) is 11.8 Å². The van der Waals surface area contributed by atoms with Gasteiger partial charge < -0.3 is 10.6 Å². The molecule has 2 amide bonds. The summed E-state index contributed by atoms with van der Waals surface area (Å²) in [6.45, 7) is 23.0. The van der Waals surface area contributed by atoms with Crippen LogP contribution >= 0.6 is 22.7 Å². The lowest BCUT2D eigenvalue weighted by atomic mass is 9.93. The highest BCUT2D eigenvalue weighted by molar-refractivity contribution is 7.94. The molecule has 0 saturated heterocycles. The van der Waals surface area contributed by atoms with Crippen molar-refractivity contribution in [2.45, 2.75) is 126 Å². The monoisotopic (exact) mass is 842 g/mol. The minimum atomic E-state index is -4.58. The number of alkyl halides is 3. The van der Waals surface area contributed by atoms with Crippen molar-refractivity contribution in [2.24, 2.45) is 0 Å². The molecule has 0 unspecified atom stereocenters. The predicted molar refractivity (Wildman–Crippen MR) is 214 cm³/mol. The second-order valence-corrected chi connectivity index (χ2v) is 23.1. The molecule has 0 spiro atoms. The maximum Gasteiger partial charge on any atom is 0.416 e. The van der Waals surface area contributed by atoms with E-state index in [1.807, 2.05) is 34.6 Å². The number of amides is 2. The number of carbonyl (C=O) groups excluding carboxylic acids is 2. The number of aryl methyl sites for hydroxylation is 3. The van der Waals surface area contributed by atoms with Gasteiger partial charge in [0.15, 0.2) is 29.9 Å². The van der Waals surface area contributed by atoms with Gasteiger partial charge in [-0.3, -0.25) is 9.59 Å². The molecule has 2 aromatic carbocycles. The van der Waals surface area contributed by atoms with Gasteiger partial charge in [0.05, 0.1) is 26.7 Å². The van der Waals surface area contributed by atoms with Crippen molar-refractivity contribution in [3.05, 3.63) is 80.8 Å². The topological polar surface area (TPSA) is 152 Å². The van der Waals surface area contributed by atoms with Crippen LogP contribution in [0.15, 0.2) is 58.3 Å². The van der Waals surface area contributed by atoms with E-state index in [4.69, 9.17) is 0 Å². The van der Waals surface area contributed by atoms with E-state index >= 15 is 0 Å². The Morgan fingerprint density at radius 3 is 1.15 bits per heavy atom. The lowest BCUT2D eigenvalue weighted by Crippen LogP contribution is -2.44. The minimum Gasteiger partial charge on any atom is -0.301 e. The maximum absolute atomic E-state index is 13.0. The standard InChI is InChI=1S/C19H23F3N2O3S2.C19H26N2O3S2/c1-11-14(17(2,3)4)28-16(23-11)24-15(25)18(5,6)29(26,27)13-9-7-12(8-10-13)19(20,21)22;1-12-8-10-14(11-9-12)26(23,24)19(6,7)16(22)21-17-20-13(2)15(25-17)18(3,4)5/h7-10H,1-6H3,(H,23,24,25);8-11H,1-7H3,(H,20,21,22). The molecule has 0 bridgehead atoms. The number of nitrogens with one attached hydrogen (secondary N) is 2. The van der Waals surface area contributed by atoms with E-state index in [-0.39, 0.29) is 25.8 Å². The second-order valence-electron chi connectivity index (χ2n) is 16.1. The van der Waals surface area contributed by atoms with E-state index in [1.165, 1.54) is 62.5 Å². The highest BCUT2D eigenvalue weighted by Crippen LogP contribution is 2.37. The summed E-state index contributed by atoms with van der Waals surface area (Å²) < 4.78 is 86.4. The van der Waals surface area contributed by atoms with Crippen molar-refractivity contribution in [2.75, 3.05) is 10.6 Å². The number of hydrogen-bond acceptors (Lipinski definition) is 10. The second kappa shape index (κ2) is 15.7. The lowest BCUT2D eigenvalue weighted by Gasteiger charge is -2.23. The number of carbonyl (C=O) groups is 2. The number of hydrogen-bond donors (Lipinski definition) is 2. The Kier molecular flexibility index (Phi) is 13.0. The van der Waals surface area contributed by atoms with Gasteiger partial charge in [-0.05, 0) is 95.7 Å². The zero-order valence-corrected chi connectivity index (χ0v) is 36.5. The minimum absolute atomic E-state index is 0.0891. The number of aromatic nitrogens is 2. The van der Waals surface area contributed by atoms with Crippen molar-refractivity contribution in [3.8, 4) is 0 Å². The van der Waals surface area contributed by atoms with Crippen LogP contribution in [0, 0.1) is 20.8 Å². The lowest BCUT2D eigenvalue weighted by molar-refractivity contribution is -0.137. The molecular formula is C38H49F3N4O6S4. The zero-order valence-electron chi connectivity index (χ0n) is 33.2. The Morgan fingerprint density at radius 1 is 0.564 bits per heavy atom. The van der Waals surface area contributed by atoms with Crippen LogP contribution in [-0.4, -0.2) is 48.1 Å². The molecule has 2 N–H and O–H groups in total. The molecule has 0 aliphatic heterocycles. The van der Waals surface area contributed by atoms with Gasteiger partial charge in [0.1, 0.15) is 9.49 Å². The van der Waals surface area contributed by atoms with Gasteiger partial charge in [-0.25, -0.2) is 26.8 Å². The average Bonchev–Trinajstić information content (AvgIpc) is 3.62. The first-order valence-corrected chi connectivity index (χ1v) is 21.7. The van der Waals surface area contributed by atoms with Crippen LogP contribution in [0.1, 0.15) is 102 Å². The number of anilines is 2. The number of halogens is 3. The van der Waals surface area contributed by atoms with E-state index in [2.05, 4.69) is 41.4 Å². The van der Waals surface area contributed by atoms with Crippen LogP contribution in [0.2, 0.25) is 0 Å². The summed E-state index contributed by atoms with van der Waals surface area (Å²) in [5.74, 6) is -1.40. The fourth-order valence-electron chi connectivity index (χ4n) is 5.16. The molecule has 2 aromatic heterocycles. The molecule has 0 radical (unpaired) electrons. The van der Waals surface area contributed by atoms with Gasteiger partial charge in [-0.2, -0.15) is 13.2 Å². The Bertz CT molecular complexity index is 2260. The number of nitrogens with zero attached hydrogens (tertiary/aromatic N) is 2. The summed E-state index contributed by atoms with van der Waals surface area (Å²) in [6, 6.07) is 9.59. The first-order chi connectivity index (χ1) is 24.7. The van der Waals surface area contributed by atoms with Gasteiger partial charge >= 0.3 is 6.18 Å². The highest BCUT2D eigenvalue weighted by Gasteiger charge is 2.45. The molecule has 55 heavy (non-hydrogen) atoms. The smallest absolute Gasteiger partial charge is 0.301 e. The van der Waals surface area contributed by atoms with Crippen LogP contribution in [0.5, 0.6) is 0 Å². The van der Waals surface area contributed by atoms with Gasteiger partial charge in [0.25, 0.3) is 0 Å². The van der Waals surface area contributed by atoms with Crippen molar-refractivity contribution >= 4 is 64.4 Å². The SMILES string of the molecule is Cc1ccc(S(=O)(=O)C(C)(C)C(=O)Nc2nc(C)c(C(C)(C)C)s2)cc1.Cc1nc(NC(=O)C(C)(C)S(=O)(=O)c2ccc(C(F)(F)F)cc2)sc1C(C)(C)C. The van der Waals surface area contributed by atoms with Crippen LogP contribution < -0.4 is 10.6 Å². The number of rotatable bonds is 8. The zero-order chi connectivity index (χ0) is 42.3. The fraction of sp³-hybridized carbons (Fsp3) is 0.474. The molecule has 0 fully saturated rings. The van der Waals surface area contributed by atoms with Crippen molar-refractivity contribution in [3.63, 3.8) is 0 Å². The summed E-state index contributed by atoms with van der Waals surface area (Å²) >= 11 is 2.64. The molecule has 0 saturated carbocycles. The molecule has 0 atom stereocenters. The highest BCUT2D eigenvalue weighted by atomic mass is 32.2. The van der Waals surface area contributed by atoms with E-state index < -0.39 is 52.7 Å². The summed E-state index contributed by atoms with van der Waals surface area (Å²) in [6.07, 6.45) is -4.58. The van der Waals surface area contributed by atoms with Crippen LogP contribution in [0.3, 0.4) is 0 Å². The molecule has 302 valence electrons. The van der Waals surface area contributed by atoms with Crippen LogP contribution in [0.4, 0.5) is 23.4 Å². The van der Waals surface area contributed by atoms with E-state index in [1.54, 1.807) is 19.1 Å². The third-order valence-corrected chi connectivity index (χ3v) is 16.5. The molecule has 4 rings (SSSR count). The van der Waals surface area contributed by atoms with Gasteiger partial charge in [0, 0.05) is 9.75 Å². The molecule has 2 heterocycles. The van der Waals surface area contributed by atoms with Crippen molar-refractivity contribution in [1.29, 1.82) is 0 Å². The summed E-state index contributed by atoms with van der Waals surface area (Å²) in [4.78, 5) is 36.0. The molecular weight excluding hydrogens is 794 g/mol. The fourth-order valence-corrected chi connectivity index (χ4v) is 9.96. The quantitative estimate of drug-likeness (QED) is 0.178. The van der Waals surface area contributed by atoms with Gasteiger partial charge in [-0.15, -0.1) is 22.7 Å². The third-order valence-electron chi connectivity index (χ3n) is 8.66. The van der Waals surface area contributed by atoms with Crippen LogP contribution in [-0.2, 0) is 46.3 Å². The molecule has 10 nitrogen and oxygen atoms in total. The predicted octanol–water partition coefficient (Wildman–Crippen LogP) is 9.21. The third kappa shape index (κ3) is 10.0. The number of benzene rings is 2. The van der Waals surface area contributed by atoms with E-state index in [0.29, 0.717) is 17.3 Å². The maximum atomic E-state index is 13.0. The summed E-state index contributed by atoms with van der Waals surface area (Å²) in [5, 5.41) is 5.92. The average molecular weight is 843 g/mol. The van der Waals surface area contributed by atoms with Gasteiger partial charge in [-0.1, -0.05) is 59.2 Å². The van der Waals surface area contributed by atoms with E-state index in [0.717, 1.165) is 38.8 Å². The Labute approximate surface area is 330 Å². The Morgan fingerprint density at radius 2 is 0.873 bits per heavy atom. The number of sulfone groups is 2. The Balaban J connectivity index is 0.000000297. The van der Waals surface area contributed by atoms with Crippen LogP contribution in [0.25, 0.3) is 0 Å². The number of thiazole rings is 2. The summed E-state index contributed by atoms with van der Waals surface area (Å²) in [7, 11) is -8.10. The molecule has 0 aliphatic carbocycles. The first-order valence-electron chi connectivity index (χ1n) is 17.1.